The third-order valence-corrected chi connectivity index (χ3v) is 7.52. The van der Waals surface area contributed by atoms with Crippen molar-refractivity contribution >= 4 is 38.5 Å². The van der Waals surface area contributed by atoms with Crippen molar-refractivity contribution in [3.63, 3.8) is 0 Å². The summed E-state index contributed by atoms with van der Waals surface area (Å²) in [4.78, 5) is 12.8. The molecule has 1 aliphatic rings. The largest absolute Gasteiger partial charge is 0.354 e. The fraction of sp³-hybridized carbons (Fsp3) is 0.450. The minimum atomic E-state index is -3.79. The van der Waals surface area contributed by atoms with E-state index in [-0.39, 0.29) is 16.7 Å². The third kappa shape index (κ3) is 5.03. The van der Waals surface area contributed by atoms with E-state index < -0.39 is 16.1 Å². The molecule has 1 amide bonds. The normalized spacial score (nSPS) is 18.7. The van der Waals surface area contributed by atoms with Gasteiger partial charge >= 0.3 is 0 Å². The average Bonchev–Trinajstić information content (AvgIpc) is 3.17. The molecule has 0 bridgehead atoms. The van der Waals surface area contributed by atoms with Gasteiger partial charge in [-0.3, -0.25) is 4.79 Å². The lowest BCUT2D eigenvalue weighted by Crippen LogP contribution is -2.50. The van der Waals surface area contributed by atoms with Crippen LogP contribution in [0.1, 0.15) is 20.3 Å². The van der Waals surface area contributed by atoms with Gasteiger partial charge < -0.3 is 5.32 Å². The summed E-state index contributed by atoms with van der Waals surface area (Å²) >= 11 is 1.89. The number of rotatable bonds is 7. The lowest BCUT2D eigenvalue weighted by Gasteiger charge is -2.22. The summed E-state index contributed by atoms with van der Waals surface area (Å²) in [5, 5.41) is 4.76. The van der Waals surface area contributed by atoms with Gasteiger partial charge in [-0.1, -0.05) is 44.2 Å². The molecule has 0 unspecified atom stereocenters. The fourth-order valence-electron chi connectivity index (χ4n) is 3.16. The zero-order valence-electron chi connectivity index (χ0n) is 15.6. The van der Waals surface area contributed by atoms with Crippen LogP contribution in [-0.4, -0.2) is 38.4 Å². The number of sulfonamides is 1. The molecule has 0 saturated carbocycles. The smallest absolute Gasteiger partial charge is 0.241 e. The summed E-state index contributed by atoms with van der Waals surface area (Å²) in [6, 6.07) is 11.8. The van der Waals surface area contributed by atoms with E-state index in [4.69, 9.17) is 0 Å². The Morgan fingerprint density at radius 2 is 1.93 bits per heavy atom. The van der Waals surface area contributed by atoms with Crippen LogP contribution in [0.2, 0.25) is 0 Å². The number of thioether (sulfide) groups is 1. The average molecular weight is 407 g/mol. The lowest BCUT2D eigenvalue weighted by molar-refractivity contribution is -0.123. The summed E-state index contributed by atoms with van der Waals surface area (Å²) in [5.41, 5.74) is 0. The Bertz CT molecular complexity index is 906. The maximum absolute atomic E-state index is 12.9. The van der Waals surface area contributed by atoms with Gasteiger partial charge in [-0.2, -0.15) is 16.5 Å². The molecular weight excluding hydrogens is 380 g/mol. The molecule has 2 atom stereocenters. The molecule has 1 saturated heterocycles. The Kier molecular flexibility index (Phi) is 6.44. The molecule has 1 heterocycles. The highest BCUT2D eigenvalue weighted by atomic mass is 32.2. The van der Waals surface area contributed by atoms with Gasteiger partial charge in [-0.05, 0) is 52.7 Å². The van der Waals surface area contributed by atoms with Gasteiger partial charge in [0.25, 0.3) is 0 Å². The zero-order chi connectivity index (χ0) is 19.4. The second-order valence-corrected chi connectivity index (χ2v) is 10.2. The van der Waals surface area contributed by atoms with Crippen molar-refractivity contribution in [3.8, 4) is 0 Å². The van der Waals surface area contributed by atoms with Crippen LogP contribution in [0.15, 0.2) is 47.4 Å². The number of fused-ring (bicyclic) bond motifs is 1. The molecule has 3 rings (SSSR count). The molecule has 7 heteroatoms. The second kappa shape index (κ2) is 8.63. The number of nitrogens with one attached hydrogen (secondary N) is 2. The number of amides is 1. The highest BCUT2D eigenvalue weighted by Gasteiger charge is 2.29. The minimum Gasteiger partial charge on any atom is -0.354 e. The van der Waals surface area contributed by atoms with E-state index in [0.717, 1.165) is 28.7 Å². The van der Waals surface area contributed by atoms with Gasteiger partial charge in [0.2, 0.25) is 15.9 Å². The van der Waals surface area contributed by atoms with Crippen molar-refractivity contribution in [1.29, 1.82) is 0 Å². The maximum atomic E-state index is 12.9. The Morgan fingerprint density at radius 1 is 1.19 bits per heavy atom. The van der Waals surface area contributed by atoms with Crippen LogP contribution in [0.4, 0.5) is 0 Å². The predicted octanol–water partition coefficient (Wildman–Crippen LogP) is 3.01. The number of carbonyl (C=O) groups is 1. The quantitative estimate of drug-likeness (QED) is 0.741. The topological polar surface area (TPSA) is 75.3 Å². The van der Waals surface area contributed by atoms with Crippen LogP contribution >= 0.6 is 11.8 Å². The maximum Gasteiger partial charge on any atom is 0.241 e. The molecule has 2 N–H and O–H groups in total. The molecule has 5 nitrogen and oxygen atoms in total. The zero-order valence-corrected chi connectivity index (χ0v) is 17.3. The number of hydrogen-bond acceptors (Lipinski definition) is 4. The van der Waals surface area contributed by atoms with E-state index in [9.17, 15) is 13.2 Å². The van der Waals surface area contributed by atoms with Crippen molar-refractivity contribution < 1.29 is 13.2 Å². The molecule has 2 aromatic carbocycles. The van der Waals surface area contributed by atoms with Gasteiger partial charge in [-0.15, -0.1) is 0 Å². The Labute approximate surface area is 165 Å². The van der Waals surface area contributed by atoms with Crippen molar-refractivity contribution in [2.24, 2.45) is 11.8 Å². The van der Waals surface area contributed by atoms with Crippen molar-refractivity contribution in [2.45, 2.75) is 31.2 Å². The van der Waals surface area contributed by atoms with Crippen LogP contribution in [0.3, 0.4) is 0 Å². The van der Waals surface area contributed by atoms with E-state index in [2.05, 4.69) is 10.0 Å². The van der Waals surface area contributed by atoms with Crippen LogP contribution in [0, 0.1) is 11.8 Å². The van der Waals surface area contributed by atoms with Gasteiger partial charge in [0.15, 0.2) is 0 Å². The van der Waals surface area contributed by atoms with E-state index in [1.54, 1.807) is 18.2 Å². The highest BCUT2D eigenvalue weighted by molar-refractivity contribution is 7.99. The SMILES string of the molecule is CC(C)[C@H](NS(=O)(=O)c1ccc2ccccc2c1)C(=O)NC[C@H]1CCSC1. The first-order chi connectivity index (χ1) is 12.9. The standard InChI is InChI=1S/C20H26N2O3S2/c1-14(2)19(20(23)21-12-15-9-10-26-13-15)22-27(24,25)18-8-7-16-5-3-4-6-17(16)11-18/h3-8,11,14-15,19,22H,9-10,12-13H2,1-2H3,(H,21,23)/t15-,19+/m1/s1. The first kappa shape index (κ1) is 20.2. The number of benzene rings is 2. The van der Waals surface area contributed by atoms with Crippen LogP contribution in [0.5, 0.6) is 0 Å². The molecule has 27 heavy (non-hydrogen) atoms. The second-order valence-electron chi connectivity index (χ2n) is 7.33. The molecule has 0 aliphatic carbocycles. The van der Waals surface area contributed by atoms with E-state index in [1.807, 2.05) is 49.9 Å². The molecule has 0 spiro atoms. The predicted molar refractivity (Wildman–Crippen MR) is 111 cm³/mol. The van der Waals surface area contributed by atoms with Gasteiger partial charge in [-0.25, -0.2) is 8.42 Å². The molecule has 1 fully saturated rings. The molecular formula is C20H26N2O3S2. The van der Waals surface area contributed by atoms with Crippen LogP contribution in [-0.2, 0) is 14.8 Å². The monoisotopic (exact) mass is 406 g/mol. The first-order valence-electron chi connectivity index (χ1n) is 9.23. The van der Waals surface area contributed by atoms with Crippen molar-refractivity contribution in [3.05, 3.63) is 42.5 Å². The molecule has 146 valence electrons. The summed E-state index contributed by atoms with van der Waals surface area (Å²) in [6.07, 6.45) is 1.10. The number of hydrogen-bond donors (Lipinski definition) is 2. The van der Waals surface area contributed by atoms with Gasteiger partial charge in [0.05, 0.1) is 4.90 Å². The Morgan fingerprint density at radius 3 is 2.59 bits per heavy atom. The minimum absolute atomic E-state index is 0.154. The molecule has 1 aliphatic heterocycles. The van der Waals surface area contributed by atoms with E-state index >= 15 is 0 Å². The number of carbonyl (C=O) groups excluding carboxylic acids is 1. The summed E-state index contributed by atoms with van der Waals surface area (Å²) in [5.74, 6) is 2.24. The van der Waals surface area contributed by atoms with E-state index in [1.165, 1.54) is 0 Å². The molecule has 0 radical (unpaired) electrons. The lowest BCUT2D eigenvalue weighted by atomic mass is 10.0. The summed E-state index contributed by atoms with van der Waals surface area (Å²) < 4.78 is 28.3. The van der Waals surface area contributed by atoms with Crippen LogP contribution in [0.25, 0.3) is 10.8 Å². The third-order valence-electron chi connectivity index (χ3n) is 4.85. The summed E-state index contributed by atoms with van der Waals surface area (Å²) in [6.45, 7) is 4.30. The Balaban J connectivity index is 1.74. The Hall–Kier alpha value is -1.57. The van der Waals surface area contributed by atoms with Crippen LogP contribution < -0.4 is 10.0 Å². The summed E-state index contributed by atoms with van der Waals surface area (Å²) in [7, 11) is -3.79. The highest BCUT2D eigenvalue weighted by Crippen LogP contribution is 2.23. The van der Waals surface area contributed by atoms with Crippen molar-refractivity contribution in [1.82, 2.24) is 10.0 Å². The first-order valence-corrected chi connectivity index (χ1v) is 11.9. The molecule has 0 aromatic heterocycles. The van der Waals surface area contributed by atoms with Gasteiger partial charge in [0, 0.05) is 6.54 Å². The fourth-order valence-corrected chi connectivity index (χ4v) is 5.82. The van der Waals surface area contributed by atoms with Crippen molar-refractivity contribution in [2.75, 3.05) is 18.1 Å². The van der Waals surface area contributed by atoms with E-state index in [0.29, 0.717) is 12.5 Å². The molecule has 2 aromatic rings. The van der Waals surface area contributed by atoms with Gasteiger partial charge in [0.1, 0.15) is 6.04 Å².